The van der Waals surface area contributed by atoms with Gasteiger partial charge in [0, 0.05) is 11.9 Å². The predicted molar refractivity (Wildman–Crippen MR) is 73.6 cm³/mol. The normalized spacial score (nSPS) is 28.1. The lowest BCUT2D eigenvalue weighted by Crippen LogP contribution is -1.99. The molecule has 0 radical (unpaired) electrons. The molecule has 0 aromatic heterocycles. The van der Waals surface area contributed by atoms with Gasteiger partial charge in [-0.15, -0.1) is 11.8 Å². The molecule has 0 amide bonds. The molecule has 16 heavy (non-hydrogen) atoms. The van der Waals surface area contributed by atoms with E-state index in [1.165, 1.54) is 28.0 Å². The van der Waals surface area contributed by atoms with Gasteiger partial charge in [-0.25, -0.2) is 0 Å². The summed E-state index contributed by atoms with van der Waals surface area (Å²) in [6, 6.07) is 0. The van der Waals surface area contributed by atoms with Crippen molar-refractivity contribution in [2.45, 2.75) is 52.7 Å². The van der Waals surface area contributed by atoms with E-state index < -0.39 is 0 Å². The zero-order valence-corrected chi connectivity index (χ0v) is 11.9. The summed E-state index contributed by atoms with van der Waals surface area (Å²) in [5, 5.41) is 9.87. The molecule has 92 valence electrons. The van der Waals surface area contributed by atoms with Crippen molar-refractivity contribution in [3.63, 3.8) is 0 Å². The van der Waals surface area contributed by atoms with E-state index in [0.717, 1.165) is 11.7 Å². The minimum absolute atomic E-state index is 0.250. The van der Waals surface area contributed by atoms with E-state index in [0.29, 0.717) is 5.92 Å². The van der Waals surface area contributed by atoms with Crippen molar-refractivity contribution in [1.29, 1.82) is 0 Å². The number of allylic oxidation sites excluding steroid dienone is 3. The molecule has 1 rings (SSSR count). The van der Waals surface area contributed by atoms with Gasteiger partial charge in [-0.2, -0.15) is 0 Å². The fourth-order valence-electron chi connectivity index (χ4n) is 2.52. The summed E-state index contributed by atoms with van der Waals surface area (Å²) in [4.78, 5) is 1.54. The molecule has 1 aliphatic heterocycles. The Kier molecular flexibility index (Phi) is 5.13. The first-order valence-electron chi connectivity index (χ1n) is 6.12. The van der Waals surface area contributed by atoms with E-state index >= 15 is 0 Å². The molecular weight excluding hydrogens is 216 g/mol. The van der Waals surface area contributed by atoms with Gasteiger partial charge in [-0.3, -0.25) is 0 Å². The molecule has 2 heteroatoms. The van der Waals surface area contributed by atoms with Crippen molar-refractivity contribution in [2.24, 2.45) is 5.92 Å². The Bertz CT molecular complexity index is 311. The molecule has 0 aromatic carbocycles. The quantitative estimate of drug-likeness (QED) is 0.800. The molecule has 1 fully saturated rings. The van der Waals surface area contributed by atoms with Gasteiger partial charge in [0.15, 0.2) is 0 Å². The molecule has 1 heterocycles. The third kappa shape index (κ3) is 3.14. The van der Waals surface area contributed by atoms with E-state index in [1.807, 2.05) is 11.8 Å². The average molecular weight is 240 g/mol. The van der Waals surface area contributed by atoms with Crippen LogP contribution in [0.2, 0.25) is 0 Å². The van der Waals surface area contributed by atoms with Crippen LogP contribution >= 0.6 is 11.8 Å². The van der Waals surface area contributed by atoms with Gasteiger partial charge in [-0.1, -0.05) is 19.4 Å². The molecule has 0 saturated carbocycles. The molecule has 1 aliphatic rings. The first-order valence-corrected chi connectivity index (χ1v) is 7.00. The van der Waals surface area contributed by atoms with Crippen LogP contribution in [-0.4, -0.2) is 17.0 Å². The fourth-order valence-corrected chi connectivity index (χ4v) is 3.96. The minimum atomic E-state index is 0.250. The molecule has 0 spiro atoms. The Labute approximate surface area is 104 Å². The van der Waals surface area contributed by atoms with Crippen LogP contribution in [0.1, 0.15) is 47.5 Å². The maximum absolute atomic E-state index is 9.13. The van der Waals surface area contributed by atoms with Crippen LogP contribution in [0.25, 0.3) is 0 Å². The number of hydrogen-bond acceptors (Lipinski definition) is 2. The van der Waals surface area contributed by atoms with Gasteiger partial charge in [-0.05, 0) is 55.6 Å². The number of hydrogen-bond donors (Lipinski definition) is 1. The van der Waals surface area contributed by atoms with E-state index in [1.54, 1.807) is 0 Å². The second kappa shape index (κ2) is 5.92. The van der Waals surface area contributed by atoms with E-state index in [2.05, 4.69) is 34.6 Å². The van der Waals surface area contributed by atoms with E-state index in [4.69, 9.17) is 5.11 Å². The highest BCUT2D eigenvalue weighted by molar-refractivity contribution is 8.04. The van der Waals surface area contributed by atoms with Crippen molar-refractivity contribution in [1.82, 2.24) is 0 Å². The maximum atomic E-state index is 9.13. The Morgan fingerprint density at radius 3 is 2.31 bits per heavy atom. The fraction of sp³-hybridized carbons (Fsp3) is 0.714. The zero-order valence-electron chi connectivity index (χ0n) is 11.1. The first-order chi connectivity index (χ1) is 7.47. The number of thioether (sulfide) groups is 1. The molecule has 0 aromatic rings. The average Bonchev–Trinajstić information content (AvgIpc) is 2.53. The largest absolute Gasteiger partial charge is 0.396 e. The summed E-state index contributed by atoms with van der Waals surface area (Å²) in [6.07, 6.45) is 2.08. The van der Waals surface area contributed by atoms with Gasteiger partial charge in [0.2, 0.25) is 0 Å². The van der Waals surface area contributed by atoms with Crippen LogP contribution in [0.4, 0.5) is 0 Å². The van der Waals surface area contributed by atoms with Gasteiger partial charge < -0.3 is 5.11 Å². The van der Waals surface area contributed by atoms with Crippen LogP contribution in [0, 0.1) is 5.92 Å². The Morgan fingerprint density at radius 1 is 1.31 bits per heavy atom. The van der Waals surface area contributed by atoms with Crippen LogP contribution in [0.5, 0.6) is 0 Å². The smallest absolute Gasteiger partial charge is 0.0471 e. The summed E-state index contributed by atoms with van der Waals surface area (Å²) in [6.45, 7) is 11.4. The Balaban J connectivity index is 3.02. The maximum Gasteiger partial charge on any atom is 0.0471 e. The van der Waals surface area contributed by atoms with Crippen molar-refractivity contribution in [3.8, 4) is 0 Å². The predicted octanol–water partition coefficient (Wildman–Crippen LogP) is 4.14. The molecule has 1 saturated heterocycles. The number of aliphatic hydroxyl groups is 1. The first kappa shape index (κ1) is 13.9. The molecule has 0 aliphatic carbocycles. The van der Waals surface area contributed by atoms with E-state index in [9.17, 15) is 0 Å². The molecule has 2 atom stereocenters. The van der Waals surface area contributed by atoms with Crippen molar-refractivity contribution in [2.75, 3.05) is 6.61 Å². The molecular formula is C14H24OS. The Hall–Kier alpha value is -0.210. The highest BCUT2D eigenvalue weighted by atomic mass is 32.2. The van der Waals surface area contributed by atoms with Crippen molar-refractivity contribution < 1.29 is 5.11 Å². The zero-order chi connectivity index (χ0) is 12.3. The molecule has 1 N–H and O–H groups in total. The minimum Gasteiger partial charge on any atom is -0.396 e. The summed E-state index contributed by atoms with van der Waals surface area (Å²) >= 11 is 2.02. The van der Waals surface area contributed by atoms with Crippen LogP contribution in [0.15, 0.2) is 21.6 Å². The molecule has 1 nitrogen and oxygen atoms in total. The number of aliphatic hydroxyl groups excluding tert-OH is 1. The summed E-state index contributed by atoms with van der Waals surface area (Å²) in [5.74, 6) is 0.688. The lowest BCUT2D eigenvalue weighted by atomic mass is 9.95. The highest BCUT2D eigenvalue weighted by Gasteiger charge is 2.26. The summed E-state index contributed by atoms with van der Waals surface area (Å²) in [7, 11) is 0. The summed E-state index contributed by atoms with van der Waals surface area (Å²) < 4.78 is 0. The highest BCUT2D eigenvalue weighted by Crippen LogP contribution is 2.45. The van der Waals surface area contributed by atoms with Gasteiger partial charge in [0.1, 0.15) is 0 Å². The van der Waals surface area contributed by atoms with E-state index in [-0.39, 0.29) is 6.61 Å². The lowest BCUT2D eigenvalue weighted by Gasteiger charge is -2.15. The third-order valence-corrected chi connectivity index (χ3v) is 4.81. The van der Waals surface area contributed by atoms with Crippen molar-refractivity contribution in [3.05, 3.63) is 21.6 Å². The number of rotatable bonds is 3. The second-order valence-electron chi connectivity index (χ2n) is 5.01. The second-order valence-corrected chi connectivity index (χ2v) is 6.49. The molecule has 2 unspecified atom stereocenters. The summed E-state index contributed by atoms with van der Waals surface area (Å²) in [5.41, 5.74) is 4.10. The molecule has 0 bridgehead atoms. The lowest BCUT2D eigenvalue weighted by molar-refractivity contribution is 0.299. The van der Waals surface area contributed by atoms with Crippen LogP contribution < -0.4 is 0 Å². The standard InChI is InChI=1S/C14H24OS/c1-9(2)13(6-7-15)12(5)14-10(3)8-11(4)16-14/h10-11,15H,6-8H2,1-5H3/b14-12+. The SMILES string of the molecule is CC(C)=C(CCO)/C(C)=C1/SC(C)CC1C. The monoisotopic (exact) mass is 240 g/mol. The van der Waals surface area contributed by atoms with Gasteiger partial charge >= 0.3 is 0 Å². The van der Waals surface area contributed by atoms with Crippen molar-refractivity contribution >= 4 is 11.8 Å². The van der Waals surface area contributed by atoms with Gasteiger partial charge in [0.05, 0.1) is 0 Å². The third-order valence-electron chi connectivity index (χ3n) is 3.25. The topological polar surface area (TPSA) is 20.2 Å². The van der Waals surface area contributed by atoms with Crippen LogP contribution in [-0.2, 0) is 0 Å². The van der Waals surface area contributed by atoms with Gasteiger partial charge in [0.25, 0.3) is 0 Å². The van der Waals surface area contributed by atoms with Crippen LogP contribution in [0.3, 0.4) is 0 Å². The Morgan fingerprint density at radius 2 is 1.94 bits per heavy atom.